The van der Waals surface area contributed by atoms with Gasteiger partial charge in [-0.1, -0.05) is 81.4 Å². The molecule has 0 saturated carbocycles. The highest BCUT2D eigenvalue weighted by Gasteiger charge is 2.42. The van der Waals surface area contributed by atoms with E-state index in [4.69, 9.17) is 9.16 Å². The third kappa shape index (κ3) is 10.3. The highest BCUT2D eigenvalue weighted by Crippen LogP contribution is 2.39. The van der Waals surface area contributed by atoms with E-state index in [-0.39, 0.29) is 11.5 Å². The molecule has 0 aliphatic carbocycles. The molecule has 7 heteroatoms. The Bertz CT molecular complexity index is 996. The van der Waals surface area contributed by atoms with Crippen molar-refractivity contribution in [3.8, 4) is 0 Å². The Labute approximate surface area is 223 Å². The Morgan fingerprint density at radius 1 is 0.865 bits per heavy atom. The second-order valence-corrected chi connectivity index (χ2v) is 17.1. The number of carboxylic acid groups (broad SMARTS) is 1. The van der Waals surface area contributed by atoms with Crippen molar-refractivity contribution in [3.05, 3.63) is 71.8 Å². The summed E-state index contributed by atoms with van der Waals surface area (Å²) in [4.78, 5) is 25.4. The number of ether oxygens (including phenoxy) is 1. The van der Waals surface area contributed by atoms with Gasteiger partial charge >= 0.3 is 12.1 Å². The lowest BCUT2D eigenvalue weighted by atomic mass is 9.89. The number of alkyl carbamates (subject to hydrolysis) is 1. The summed E-state index contributed by atoms with van der Waals surface area (Å²) in [6, 6.07) is 19.0. The lowest BCUT2D eigenvalue weighted by molar-refractivity contribution is -0.142. The zero-order valence-electron chi connectivity index (χ0n) is 23.7. The molecule has 0 spiro atoms. The van der Waals surface area contributed by atoms with E-state index in [2.05, 4.69) is 39.2 Å². The van der Waals surface area contributed by atoms with Crippen LogP contribution in [0.1, 0.15) is 59.1 Å². The number of aliphatic carboxylic acids is 1. The molecule has 3 atom stereocenters. The summed E-state index contributed by atoms with van der Waals surface area (Å²) in [5, 5.41) is 13.1. The van der Waals surface area contributed by atoms with Crippen LogP contribution in [0.5, 0.6) is 0 Å². The Morgan fingerprint density at radius 2 is 1.35 bits per heavy atom. The van der Waals surface area contributed by atoms with Crippen molar-refractivity contribution in [1.29, 1.82) is 0 Å². The van der Waals surface area contributed by atoms with Crippen molar-refractivity contribution in [2.75, 3.05) is 0 Å². The first-order chi connectivity index (χ1) is 17.1. The molecular formula is C30H45NO5Si. The van der Waals surface area contributed by atoms with Crippen LogP contribution in [0, 0.1) is 5.92 Å². The van der Waals surface area contributed by atoms with Gasteiger partial charge in [-0.2, -0.15) is 0 Å². The molecular weight excluding hydrogens is 482 g/mol. The maximum Gasteiger partial charge on any atom is 0.407 e. The zero-order valence-corrected chi connectivity index (χ0v) is 24.7. The van der Waals surface area contributed by atoms with Gasteiger partial charge in [0.1, 0.15) is 5.60 Å². The van der Waals surface area contributed by atoms with Gasteiger partial charge in [-0.05, 0) is 69.3 Å². The molecule has 0 aromatic heterocycles. The van der Waals surface area contributed by atoms with E-state index in [1.165, 1.54) is 0 Å². The molecule has 0 saturated heterocycles. The van der Waals surface area contributed by atoms with Crippen LogP contribution >= 0.6 is 0 Å². The first kappa shape index (κ1) is 30.6. The number of benzene rings is 2. The fraction of sp³-hybridized carbons (Fsp3) is 0.533. The predicted molar refractivity (Wildman–Crippen MR) is 151 cm³/mol. The number of hydrogen-bond donors (Lipinski definition) is 2. The van der Waals surface area contributed by atoms with E-state index in [0.29, 0.717) is 12.8 Å². The number of carbonyl (C=O) groups excluding carboxylic acids is 1. The molecule has 0 aliphatic heterocycles. The van der Waals surface area contributed by atoms with Gasteiger partial charge in [0.25, 0.3) is 0 Å². The van der Waals surface area contributed by atoms with E-state index in [9.17, 15) is 14.7 Å². The van der Waals surface area contributed by atoms with Crippen molar-refractivity contribution < 1.29 is 23.9 Å². The number of amides is 1. The SMILES string of the molecule is CC(C)(C)OC(=O)N[C@@H](Cc1ccccc1)[C@@H](C[C@@H](Cc1ccccc1)C(=O)O)O[Si](C)(C)C(C)(C)C. The highest BCUT2D eigenvalue weighted by atomic mass is 28.4. The first-order valence-electron chi connectivity index (χ1n) is 13.1. The number of carbonyl (C=O) groups is 2. The molecule has 2 aromatic rings. The van der Waals surface area contributed by atoms with Crippen LogP contribution in [0.25, 0.3) is 0 Å². The Balaban J connectivity index is 2.46. The van der Waals surface area contributed by atoms with Gasteiger partial charge in [0.05, 0.1) is 18.1 Å². The summed E-state index contributed by atoms with van der Waals surface area (Å²) >= 11 is 0. The summed E-state index contributed by atoms with van der Waals surface area (Å²) in [6.45, 7) is 16.2. The summed E-state index contributed by atoms with van der Waals surface area (Å²) in [5.74, 6) is -1.54. The minimum Gasteiger partial charge on any atom is -0.481 e. The molecule has 6 nitrogen and oxygen atoms in total. The average Bonchev–Trinajstić information content (AvgIpc) is 2.77. The molecule has 37 heavy (non-hydrogen) atoms. The van der Waals surface area contributed by atoms with Crippen LogP contribution in [0.2, 0.25) is 18.1 Å². The number of carboxylic acids is 1. The van der Waals surface area contributed by atoms with Crippen molar-refractivity contribution in [2.45, 2.75) is 96.7 Å². The summed E-state index contributed by atoms with van der Waals surface area (Å²) in [6.07, 6.45) is 0.102. The van der Waals surface area contributed by atoms with Gasteiger partial charge in [0, 0.05) is 0 Å². The normalized spacial score (nSPS) is 14.9. The van der Waals surface area contributed by atoms with Crippen LogP contribution in [-0.4, -0.2) is 43.2 Å². The Hall–Kier alpha value is -2.64. The van der Waals surface area contributed by atoms with Gasteiger partial charge in [-0.3, -0.25) is 4.79 Å². The molecule has 0 aliphatic rings. The van der Waals surface area contributed by atoms with Crippen molar-refractivity contribution in [3.63, 3.8) is 0 Å². The molecule has 0 radical (unpaired) electrons. The summed E-state index contributed by atoms with van der Waals surface area (Å²) < 4.78 is 12.5. The average molecular weight is 528 g/mol. The number of rotatable bonds is 11. The molecule has 0 unspecified atom stereocenters. The van der Waals surface area contributed by atoms with Gasteiger partial charge in [-0.25, -0.2) is 4.79 Å². The van der Waals surface area contributed by atoms with Crippen molar-refractivity contribution in [2.24, 2.45) is 5.92 Å². The topological polar surface area (TPSA) is 84.9 Å². The summed E-state index contributed by atoms with van der Waals surface area (Å²) in [5.41, 5.74) is 1.33. The van der Waals surface area contributed by atoms with E-state index in [1.54, 1.807) is 0 Å². The van der Waals surface area contributed by atoms with Gasteiger partial charge in [0.2, 0.25) is 0 Å². The molecule has 0 heterocycles. The van der Waals surface area contributed by atoms with Crippen molar-refractivity contribution in [1.82, 2.24) is 5.32 Å². The maximum atomic E-state index is 12.9. The van der Waals surface area contributed by atoms with E-state index < -0.39 is 44.0 Å². The number of nitrogens with one attached hydrogen (secondary N) is 1. The summed E-state index contributed by atoms with van der Waals surface area (Å²) in [7, 11) is -2.32. The molecule has 0 fully saturated rings. The maximum absolute atomic E-state index is 12.9. The lowest BCUT2D eigenvalue weighted by Crippen LogP contribution is -2.54. The standard InChI is InChI=1S/C30H45NO5Si/c1-29(2,3)35-28(34)31-25(20-23-17-13-10-14-18-23)26(36-37(7,8)30(4,5)6)21-24(27(32)33)19-22-15-11-9-12-16-22/h9-18,24-26H,19-21H2,1-8H3,(H,31,34)(H,32,33)/t24-,25+,26-/m1/s1. The predicted octanol–water partition coefficient (Wildman–Crippen LogP) is 6.85. The quantitative estimate of drug-likeness (QED) is 0.312. The second kappa shape index (κ2) is 12.7. The zero-order chi connectivity index (χ0) is 27.9. The Morgan fingerprint density at radius 3 is 1.78 bits per heavy atom. The van der Waals surface area contributed by atoms with E-state index >= 15 is 0 Å². The van der Waals surface area contributed by atoms with Gasteiger partial charge < -0.3 is 19.6 Å². The fourth-order valence-corrected chi connectivity index (χ4v) is 5.27. The molecule has 2 rings (SSSR count). The molecule has 0 bridgehead atoms. The third-order valence-electron chi connectivity index (χ3n) is 6.89. The smallest absolute Gasteiger partial charge is 0.407 e. The lowest BCUT2D eigenvalue weighted by Gasteiger charge is -2.42. The Kier molecular flexibility index (Phi) is 10.5. The second-order valence-electron chi connectivity index (χ2n) is 12.3. The molecule has 2 N–H and O–H groups in total. The highest BCUT2D eigenvalue weighted by molar-refractivity contribution is 6.74. The van der Waals surface area contributed by atoms with Gasteiger partial charge in [-0.15, -0.1) is 0 Å². The number of hydrogen-bond acceptors (Lipinski definition) is 4. The molecule has 2 aromatic carbocycles. The first-order valence-corrected chi connectivity index (χ1v) is 16.0. The van der Waals surface area contributed by atoms with Crippen molar-refractivity contribution >= 4 is 20.4 Å². The van der Waals surface area contributed by atoms with Crippen LogP contribution in [0.3, 0.4) is 0 Å². The van der Waals surface area contributed by atoms with E-state index in [1.807, 2.05) is 81.4 Å². The molecule has 1 amide bonds. The third-order valence-corrected chi connectivity index (χ3v) is 11.4. The van der Waals surface area contributed by atoms with Crippen LogP contribution < -0.4 is 5.32 Å². The van der Waals surface area contributed by atoms with E-state index in [0.717, 1.165) is 11.1 Å². The van der Waals surface area contributed by atoms with Gasteiger partial charge in [0.15, 0.2) is 8.32 Å². The minimum atomic E-state index is -2.32. The fourth-order valence-electron chi connectivity index (χ4n) is 3.90. The minimum absolute atomic E-state index is 0.0907. The molecule has 204 valence electrons. The van der Waals surface area contributed by atoms with Crippen LogP contribution in [0.15, 0.2) is 60.7 Å². The largest absolute Gasteiger partial charge is 0.481 e. The van der Waals surface area contributed by atoms with Crippen LogP contribution in [-0.2, 0) is 26.8 Å². The van der Waals surface area contributed by atoms with Crippen LogP contribution in [0.4, 0.5) is 4.79 Å². The monoisotopic (exact) mass is 527 g/mol.